The zero-order chi connectivity index (χ0) is 11.9. The second kappa shape index (κ2) is 3.33. The van der Waals surface area contributed by atoms with Gasteiger partial charge in [-0.3, -0.25) is 9.59 Å². The van der Waals surface area contributed by atoms with Gasteiger partial charge in [-0.2, -0.15) is 0 Å². The van der Waals surface area contributed by atoms with E-state index in [-0.39, 0.29) is 5.91 Å². The second-order valence-electron chi connectivity index (χ2n) is 4.53. The van der Waals surface area contributed by atoms with Gasteiger partial charge in [0.25, 0.3) is 0 Å². The molecule has 2 rings (SSSR count). The molecule has 4 nitrogen and oxygen atoms in total. The Morgan fingerprint density at radius 1 is 1.44 bits per heavy atom. The van der Waals surface area contributed by atoms with Crippen molar-refractivity contribution in [2.75, 3.05) is 5.32 Å². The lowest BCUT2D eigenvalue weighted by Crippen LogP contribution is -2.28. The van der Waals surface area contributed by atoms with Gasteiger partial charge in [0.2, 0.25) is 5.91 Å². The van der Waals surface area contributed by atoms with Gasteiger partial charge in [-0.15, -0.1) is 0 Å². The smallest absolute Gasteiger partial charge is 0.313 e. The Morgan fingerprint density at radius 3 is 2.75 bits per heavy atom. The van der Waals surface area contributed by atoms with Crippen LogP contribution in [-0.2, 0) is 21.4 Å². The first-order chi connectivity index (χ1) is 7.41. The van der Waals surface area contributed by atoms with Crippen molar-refractivity contribution in [3.05, 3.63) is 29.3 Å². The van der Waals surface area contributed by atoms with Crippen LogP contribution in [0.3, 0.4) is 0 Å². The molecule has 0 atom stereocenters. The van der Waals surface area contributed by atoms with Gasteiger partial charge in [0, 0.05) is 5.69 Å². The molecule has 1 heterocycles. The predicted molar refractivity (Wildman–Crippen MR) is 59.4 cm³/mol. The number of carboxylic acid groups (broad SMARTS) is 1. The lowest BCUT2D eigenvalue weighted by atomic mass is 9.84. The summed E-state index contributed by atoms with van der Waals surface area (Å²) in [7, 11) is 0. The molecule has 0 aliphatic carbocycles. The fourth-order valence-corrected chi connectivity index (χ4v) is 1.74. The summed E-state index contributed by atoms with van der Waals surface area (Å²) < 4.78 is 0. The molecule has 2 N–H and O–H groups in total. The third kappa shape index (κ3) is 1.56. The zero-order valence-corrected chi connectivity index (χ0v) is 9.20. The second-order valence-corrected chi connectivity index (χ2v) is 4.53. The summed E-state index contributed by atoms with van der Waals surface area (Å²) >= 11 is 0. The van der Waals surface area contributed by atoms with Gasteiger partial charge in [-0.25, -0.2) is 0 Å². The molecule has 0 bridgehead atoms. The van der Waals surface area contributed by atoms with Crippen LogP contribution in [0.2, 0.25) is 0 Å². The summed E-state index contributed by atoms with van der Waals surface area (Å²) in [5.74, 6) is -0.912. The lowest BCUT2D eigenvalue weighted by molar-refractivity contribution is -0.142. The molecule has 1 amide bonds. The highest BCUT2D eigenvalue weighted by molar-refractivity contribution is 5.99. The molecule has 84 valence electrons. The number of nitrogens with one attached hydrogen (secondary N) is 1. The first kappa shape index (κ1) is 10.7. The molecule has 0 radical (unpaired) electrons. The van der Waals surface area contributed by atoms with Crippen LogP contribution in [0, 0.1) is 0 Å². The first-order valence-corrected chi connectivity index (χ1v) is 5.08. The van der Waals surface area contributed by atoms with Crippen molar-refractivity contribution in [1.29, 1.82) is 0 Å². The Balaban J connectivity index is 2.43. The highest BCUT2D eigenvalue weighted by atomic mass is 16.4. The minimum Gasteiger partial charge on any atom is -0.481 e. The molecule has 16 heavy (non-hydrogen) atoms. The molecular weight excluding hydrogens is 206 g/mol. The van der Waals surface area contributed by atoms with Crippen LogP contribution in [0.1, 0.15) is 25.0 Å². The van der Waals surface area contributed by atoms with E-state index in [1.54, 1.807) is 32.0 Å². The number of rotatable bonds is 2. The Morgan fingerprint density at radius 2 is 2.12 bits per heavy atom. The normalized spacial score (nSPS) is 14.5. The molecule has 0 unspecified atom stereocenters. The lowest BCUT2D eigenvalue weighted by Gasteiger charge is -2.20. The SMILES string of the molecule is CC(C)(C(=O)O)c1ccc2c(c1)CC(=O)N2. The molecule has 1 aromatic rings. The number of anilines is 1. The fraction of sp³-hybridized carbons (Fsp3) is 0.333. The summed E-state index contributed by atoms with van der Waals surface area (Å²) in [5, 5.41) is 11.8. The number of carbonyl (C=O) groups excluding carboxylic acids is 1. The number of benzene rings is 1. The van der Waals surface area contributed by atoms with Gasteiger partial charge in [0.15, 0.2) is 0 Å². The van der Waals surface area contributed by atoms with Crippen LogP contribution in [0.25, 0.3) is 0 Å². The number of fused-ring (bicyclic) bond motifs is 1. The molecular formula is C12H13NO3. The van der Waals surface area contributed by atoms with E-state index in [2.05, 4.69) is 5.32 Å². The van der Waals surface area contributed by atoms with Crippen molar-refractivity contribution in [3.63, 3.8) is 0 Å². The van der Waals surface area contributed by atoms with Crippen molar-refractivity contribution in [2.24, 2.45) is 0 Å². The Bertz CT molecular complexity index is 477. The van der Waals surface area contributed by atoms with E-state index in [1.165, 1.54) is 0 Å². The van der Waals surface area contributed by atoms with E-state index < -0.39 is 11.4 Å². The average Bonchev–Trinajstić information content (AvgIpc) is 2.56. The van der Waals surface area contributed by atoms with Crippen LogP contribution in [0.5, 0.6) is 0 Å². The summed E-state index contributed by atoms with van der Waals surface area (Å²) in [5.41, 5.74) is 1.45. The maximum Gasteiger partial charge on any atom is 0.313 e. The van der Waals surface area contributed by atoms with Crippen LogP contribution >= 0.6 is 0 Å². The van der Waals surface area contributed by atoms with Crippen molar-refractivity contribution in [2.45, 2.75) is 25.7 Å². The molecule has 0 aromatic heterocycles. The number of carbonyl (C=O) groups is 2. The summed E-state index contributed by atoms with van der Waals surface area (Å²) in [6.45, 7) is 3.31. The van der Waals surface area contributed by atoms with Crippen LogP contribution in [-0.4, -0.2) is 17.0 Å². The van der Waals surface area contributed by atoms with Crippen LogP contribution in [0.4, 0.5) is 5.69 Å². The van der Waals surface area contributed by atoms with Gasteiger partial charge < -0.3 is 10.4 Å². The quantitative estimate of drug-likeness (QED) is 0.793. The standard InChI is InChI=1S/C12H13NO3/c1-12(2,11(15)16)8-3-4-9-7(5-8)6-10(14)13-9/h3-5H,6H2,1-2H3,(H,13,14)(H,15,16). The molecule has 1 aromatic carbocycles. The minimum absolute atomic E-state index is 0.0414. The van der Waals surface area contributed by atoms with Crippen LogP contribution in [0.15, 0.2) is 18.2 Å². The largest absolute Gasteiger partial charge is 0.481 e. The number of amides is 1. The van der Waals surface area contributed by atoms with E-state index in [0.717, 1.165) is 16.8 Å². The molecule has 4 heteroatoms. The Labute approximate surface area is 93.3 Å². The third-order valence-corrected chi connectivity index (χ3v) is 2.99. The third-order valence-electron chi connectivity index (χ3n) is 2.99. The molecule has 1 aliphatic rings. The topological polar surface area (TPSA) is 66.4 Å². The van der Waals surface area contributed by atoms with Gasteiger partial charge in [0.05, 0.1) is 11.8 Å². The summed E-state index contributed by atoms with van der Waals surface area (Å²) in [6.07, 6.45) is 0.332. The first-order valence-electron chi connectivity index (χ1n) is 5.08. The summed E-state index contributed by atoms with van der Waals surface area (Å²) in [4.78, 5) is 22.3. The summed E-state index contributed by atoms with van der Waals surface area (Å²) in [6, 6.07) is 5.31. The van der Waals surface area contributed by atoms with Gasteiger partial charge >= 0.3 is 5.97 Å². The van der Waals surface area contributed by atoms with E-state index in [0.29, 0.717) is 6.42 Å². The van der Waals surface area contributed by atoms with E-state index >= 15 is 0 Å². The van der Waals surface area contributed by atoms with Crippen molar-refractivity contribution < 1.29 is 14.7 Å². The van der Waals surface area contributed by atoms with Gasteiger partial charge in [-0.05, 0) is 31.0 Å². The molecule has 0 saturated carbocycles. The number of hydrogen-bond donors (Lipinski definition) is 2. The van der Waals surface area contributed by atoms with Crippen LogP contribution < -0.4 is 5.32 Å². The maximum atomic E-state index is 11.2. The van der Waals surface area contributed by atoms with Crippen molar-refractivity contribution >= 4 is 17.6 Å². The number of aliphatic carboxylic acids is 1. The number of carboxylic acids is 1. The highest BCUT2D eigenvalue weighted by Crippen LogP contribution is 2.30. The zero-order valence-electron chi connectivity index (χ0n) is 9.20. The molecule has 1 aliphatic heterocycles. The Hall–Kier alpha value is -1.84. The minimum atomic E-state index is -0.930. The Kier molecular flexibility index (Phi) is 2.22. The highest BCUT2D eigenvalue weighted by Gasteiger charge is 2.30. The maximum absolute atomic E-state index is 11.2. The molecule has 0 fully saturated rings. The monoisotopic (exact) mass is 219 g/mol. The fourth-order valence-electron chi connectivity index (χ4n) is 1.74. The average molecular weight is 219 g/mol. The van der Waals surface area contributed by atoms with Crippen molar-refractivity contribution in [3.8, 4) is 0 Å². The predicted octanol–water partition coefficient (Wildman–Crippen LogP) is 1.54. The molecule has 0 saturated heterocycles. The molecule has 0 spiro atoms. The van der Waals surface area contributed by atoms with Gasteiger partial charge in [0.1, 0.15) is 0 Å². The van der Waals surface area contributed by atoms with Crippen molar-refractivity contribution in [1.82, 2.24) is 0 Å². The van der Waals surface area contributed by atoms with E-state index in [9.17, 15) is 9.59 Å². The van der Waals surface area contributed by atoms with E-state index in [4.69, 9.17) is 5.11 Å². The van der Waals surface area contributed by atoms with E-state index in [1.807, 2.05) is 0 Å². The number of hydrogen-bond acceptors (Lipinski definition) is 2. The van der Waals surface area contributed by atoms with Gasteiger partial charge in [-0.1, -0.05) is 12.1 Å².